The van der Waals surface area contributed by atoms with E-state index in [1.165, 1.54) is 28.4 Å². The zero-order valence-electron chi connectivity index (χ0n) is 19.5. The largest absolute Gasteiger partial charge is 0.493 e. The maximum absolute atomic E-state index is 12.5. The molecule has 0 spiro atoms. The van der Waals surface area contributed by atoms with E-state index >= 15 is 0 Å². The van der Waals surface area contributed by atoms with Gasteiger partial charge in [0.25, 0.3) is 0 Å². The predicted octanol–water partition coefficient (Wildman–Crippen LogP) is 4.44. The molecule has 8 heteroatoms. The van der Waals surface area contributed by atoms with E-state index in [1.807, 2.05) is 0 Å². The summed E-state index contributed by atoms with van der Waals surface area (Å²) < 4.78 is 31.8. The first-order valence-electron chi connectivity index (χ1n) is 10.4. The highest BCUT2D eigenvalue weighted by Gasteiger charge is 2.19. The van der Waals surface area contributed by atoms with Crippen LogP contribution in [0.1, 0.15) is 31.8 Å². The van der Waals surface area contributed by atoms with Gasteiger partial charge in [-0.2, -0.15) is 0 Å². The highest BCUT2D eigenvalue weighted by molar-refractivity contribution is 5.94. The summed E-state index contributed by atoms with van der Waals surface area (Å²) in [4.78, 5) is 25.0. The van der Waals surface area contributed by atoms with Gasteiger partial charge >= 0.3 is 11.9 Å². The van der Waals surface area contributed by atoms with Gasteiger partial charge < -0.3 is 28.4 Å². The second-order valence-corrected chi connectivity index (χ2v) is 7.05. The first kappa shape index (κ1) is 24.4. The number of hydrogen-bond acceptors (Lipinski definition) is 8. The summed E-state index contributed by atoms with van der Waals surface area (Å²) >= 11 is 0. The number of esters is 2. The van der Waals surface area contributed by atoms with Crippen molar-refractivity contribution in [1.82, 2.24) is 0 Å². The van der Waals surface area contributed by atoms with Crippen LogP contribution >= 0.6 is 0 Å². The van der Waals surface area contributed by atoms with Crippen LogP contribution < -0.4 is 18.9 Å². The summed E-state index contributed by atoms with van der Waals surface area (Å²) in [5, 5.41) is 0. The zero-order chi connectivity index (χ0) is 24.5. The van der Waals surface area contributed by atoms with Crippen molar-refractivity contribution in [2.24, 2.45) is 0 Å². The number of para-hydroxylation sites is 2. The highest BCUT2D eigenvalue weighted by Crippen LogP contribution is 2.32. The van der Waals surface area contributed by atoms with Crippen LogP contribution in [0.15, 0.2) is 60.7 Å². The van der Waals surface area contributed by atoms with Gasteiger partial charge in [0, 0.05) is 0 Å². The molecule has 0 aliphatic heterocycles. The average molecular weight is 466 g/mol. The molecule has 0 aliphatic rings. The van der Waals surface area contributed by atoms with Crippen LogP contribution in [0.5, 0.6) is 23.0 Å². The fraction of sp³-hybridized carbons (Fsp3) is 0.231. The van der Waals surface area contributed by atoms with E-state index < -0.39 is 11.9 Å². The molecule has 0 amide bonds. The van der Waals surface area contributed by atoms with Crippen molar-refractivity contribution < 1.29 is 38.0 Å². The van der Waals surface area contributed by atoms with E-state index in [0.29, 0.717) is 23.0 Å². The molecule has 34 heavy (non-hydrogen) atoms. The number of ether oxygens (including phenoxy) is 6. The van der Waals surface area contributed by atoms with Crippen LogP contribution in [-0.2, 0) is 22.7 Å². The number of carbonyl (C=O) groups excluding carboxylic acids is 2. The van der Waals surface area contributed by atoms with Gasteiger partial charge in [0.1, 0.15) is 24.3 Å². The molecule has 0 radical (unpaired) electrons. The summed E-state index contributed by atoms with van der Waals surface area (Å²) in [5.74, 6) is 0.478. The van der Waals surface area contributed by atoms with Crippen molar-refractivity contribution >= 4 is 11.9 Å². The van der Waals surface area contributed by atoms with Crippen LogP contribution in [0.25, 0.3) is 0 Å². The number of rotatable bonds is 10. The Morgan fingerprint density at radius 2 is 0.941 bits per heavy atom. The lowest BCUT2D eigenvalue weighted by molar-refractivity contribution is 0.0455. The Kier molecular flexibility index (Phi) is 8.34. The molecule has 0 saturated heterocycles. The van der Waals surface area contributed by atoms with Crippen LogP contribution in [0.2, 0.25) is 0 Å². The summed E-state index contributed by atoms with van der Waals surface area (Å²) in [6.07, 6.45) is 0. The van der Waals surface area contributed by atoms with Crippen molar-refractivity contribution in [3.05, 3.63) is 82.9 Å². The summed E-state index contributed by atoms with van der Waals surface area (Å²) in [7, 11) is 5.92. The second-order valence-electron chi connectivity index (χ2n) is 7.05. The van der Waals surface area contributed by atoms with Crippen molar-refractivity contribution in [2.75, 3.05) is 28.4 Å². The third kappa shape index (κ3) is 5.58. The van der Waals surface area contributed by atoms with Gasteiger partial charge in [-0.25, -0.2) is 9.59 Å². The Bertz CT molecular complexity index is 1050. The van der Waals surface area contributed by atoms with Crippen LogP contribution in [0, 0.1) is 0 Å². The smallest absolute Gasteiger partial charge is 0.342 e. The molecule has 0 atom stereocenters. The monoisotopic (exact) mass is 466 g/mol. The third-order valence-electron chi connectivity index (χ3n) is 5.01. The van der Waals surface area contributed by atoms with Gasteiger partial charge in [-0.3, -0.25) is 0 Å². The number of methoxy groups -OCH3 is 4. The topological polar surface area (TPSA) is 89.5 Å². The Balaban J connectivity index is 1.58. The Morgan fingerprint density at radius 1 is 0.559 bits per heavy atom. The van der Waals surface area contributed by atoms with Crippen molar-refractivity contribution in [3.8, 4) is 23.0 Å². The molecule has 0 heterocycles. The van der Waals surface area contributed by atoms with Gasteiger partial charge in [-0.1, -0.05) is 36.4 Å². The molecule has 3 aromatic carbocycles. The molecule has 0 aliphatic carbocycles. The van der Waals surface area contributed by atoms with Gasteiger partial charge in [-0.15, -0.1) is 0 Å². The SMILES string of the molecule is COc1cccc(C(=O)OCc2ccc(COC(=O)c3cccc(OC)c3OC)cc2)c1OC. The third-order valence-corrected chi connectivity index (χ3v) is 5.01. The Morgan fingerprint density at radius 3 is 1.26 bits per heavy atom. The van der Waals surface area contributed by atoms with E-state index in [-0.39, 0.29) is 24.3 Å². The van der Waals surface area contributed by atoms with E-state index in [9.17, 15) is 9.59 Å². The van der Waals surface area contributed by atoms with Crippen molar-refractivity contribution in [1.29, 1.82) is 0 Å². The zero-order valence-corrected chi connectivity index (χ0v) is 19.5. The summed E-state index contributed by atoms with van der Waals surface area (Å²) in [6, 6.07) is 17.2. The maximum atomic E-state index is 12.5. The lowest BCUT2D eigenvalue weighted by Crippen LogP contribution is -2.09. The lowest BCUT2D eigenvalue weighted by Gasteiger charge is -2.13. The summed E-state index contributed by atoms with van der Waals surface area (Å²) in [5.41, 5.74) is 2.11. The molecular formula is C26H26O8. The number of carbonyl (C=O) groups is 2. The normalized spacial score (nSPS) is 10.2. The first-order chi connectivity index (χ1) is 16.5. The standard InChI is InChI=1S/C26H26O8/c1-29-21-9-5-7-19(23(21)31-3)25(27)33-15-17-11-13-18(14-12-17)16-34-26(28)20-8-6-10-22(30-2)24(20)32-4/h5-14H,15-16H2,1-4H3. The lowest BCUT2D eigenvalue weighted by atomic mass is 10.1. The van der Waals surface area contributed by atoms with Crippen LogP contribution in [0.3, 0.4) is 0 Å². The predicted molar refractivity (Wildman–Crippen MR) is 124 cm³/mol. The molecule has 0 N–H and O–H groups in total. The highest BCUT2D eigenvalue weighted by atomic mass is 16.5. The molecule has 0 unspecified atom stereocenters. The van der Waals surface area contributed by atoms with E-state index in [0.717, 1.165) is 11.1 Å². The minimum absolute atomic E-state index is 0.0697. The minimum Gasteiger partial charge on any atom is -0.493 e. The second kappa shape index (κ2) is 11.6. The number of benzene rings is 3. The average Bonchev–Trinajstić information content (AvgIpc) is 2.89. The van der Waals surface area contributed by atoms with E-state index in [1.54, 1.807) is 60.7 Å². The molecule has 3 rings (SSSR count). The Labute approximate surface area is 197 Å². The van der Waals surface area contributed by atoms with E-state index in [4.69, 9.17) is 28.4 Å². The molecule has 0 fully saturated rings. The minimum atomic E-state index is -0.527. The van der Waals surface area contributed by atoms with Crippen molar-refractivity contribution in [2.45, 2.75) is 13.2 Å². The fourth-order valence-corrected chi connectivity index (χ4v) is 3.28. The van der Waals surface area contributed by atoms with E-state index in [2.05, 4.69) is 0 Å². The quantitative estimate of drug-likeness (QED) is 0.405. The number of hydrogen-bond donors (Lipinski definition) is 0. The van der Waals surface area contributed by atoms with Gasteiger partial charge in [0.05, 0.1) is 28.4 Å². The summed E-state index contributed by atoms with van der Waals surface area (Å²) in [6.45, 7) is 0.139. The molecule has 3 aromatic rings. The maximum Gasteiger partial charge on any atom is 0.342 e. The molecule has 0 aromatic heterocycles. The van der Waals surface area contributed by atoms with Gasteiger partial charge in [-0.05, 0) is 35.4 Å². The van der Waals surface area contributed by atoms with Crippen LogP contribution in [-0.4, -0.2) is 40.4 Å². The van der Waals surface area contributed by atoms with Crippen LogP contribution in [0.4, 0.5) is 0 Å². The fourth-order valence-electron chi connectivity index (χ4n) is 3.28. The molecule has 178 valence electrons. The Hall–Kier alpha value is -4.20. The molecule has 8 nitrogen and oxygen atoms in total. The molecule has 0 bridgehead atoms. The van der Waals surface area contributed by atoms with Crippen molar-refractivity contribution in [3.63, 3.8) is 0 Å². The molecular weight excluding hydrogens is 440 g/mol. The first-order valence-corrected chi connectivity index (χ1v) is 10.4. The van der Waals surface area contributed by atoms with Gasteiger partial charge in [0.2, 0.25) is 0 Å². The molecule has 0 saturated carbocycles. The van der Waals surface area contributed by atoms with Gasteiger partial charge in [0.15, 0.2) is 23.0 Å².